The number of nitrogens with one attached hydrogen (secondary N) is 1. The quantitative estimate of drug-likeness (QED) is 0.437. The van der Waals surface area contributed by atoms with Gasteiger partial charge in [-0.05, 0) is 50.7 Å². The molecule has 1 N–H and O–H groups in total. The van der Waals surface area contributed by atoms with Gasteiger partial charge in [0.2, 0.25) is 5.92 Å². The first-order valence-corrected chi connectivity index (χ1v) is 12.0. The van der Waals surface area contributed by atoms with Gasteiger partial charge in [0.25, 0.3) is 0 Å². The molecule has 4 saturated carbocycles. The number of aromatic nitrogens is 5. The third-order valence-corrected chi connectivity index (χ3v) is 8.74. The first kappa shape index (κ1) is 22.7. The van der Waals surface area contributed by atoms with Crippen molar-refractivity contribution in [1.29, 1.82) is 0 Å². The summed E-state index contributed by atoms with van der Waals surface area (Å²) in [6.07, 6.45) is 0.399. The highest BCUT2D eigenvalue weighted by Gasteiger charge is 2.54. The van der Waals surface area contributed by atoms with Crippen molar-refractivity contribution in [1.82, 2.24) is 25.0 Å². The lowest BCUT2D eigenvalue weighted by molar-refractivity contribution is -0.137. The zero-order valence-electron chi connectivity index (χ0n) is 19.3. The summed E-state index contributed by atoms with van der Waals surface area (Å²) in [5.74, 6) is -1.78. The van der Waals surface area contributed by atoms with Crippen LogP contribution >= 0.6 is 0 Å². The summed E-state index contributed by atoms with van der Waals surface area (Å²) in [4.78, 5) is 0. The van der Waals surface area contributed by atoms with Gasteiger partial charge in [-0.25, -0.2) is 8.78 Å². The Hall–Kier alpha value is -2.78. The molecule has 2 heterocycles. The Labute approximate surface area is 199 Å². The molecule has 186 valence electrons. The summed E-state index contributed by atoms with van der Waals surface area (Å²) >= 11 is 0. The van der Waals surface area contributed by atoms with Crippen LogP contribution in [0.3, 0.4) is 0 Å². The van der Waals surface area contributed by atoms with Gasteiger partial charge in [0.1, 0.15) is 5.82 Å². The van der Waals surface area contributed by atoms with Gasteiger partial charge in [-0.2, -0.15) is 18.3 Å². The number of aromatic amines is 1. The van der Waals surface area contributed by atoms with Crippen molar-refractivity contribution in [3.05, 3.63) is 53.1 Å². The van der Waals surface area contributed by atoms with E-state index in [0.717, 1.165) is 61.8 Å². The molecule has 4 aliphatic carbocycles. The summed E-state index contributed by atoms with van der Waals surface area (Å²) in [6.45, 7) is 0. The number of fused-ring (bicyclic) bond motifs is 3. The van der Waals surface area contributed by atoms with Crippen LogP contribution in [0, 0.1) is 0 Å². The third-order valence-electron chi connectivity index (χ3n) is 8.74. The molecule has 3 aromatic rings. The molecular weight excluding hydrogens is 465 g/mol. The van der Waals surface area contributed by atoms with Gasteiger partial charge < -0.3 is 4.57 Å². The standard InChI is InChI=1S/C25H26F5N5/c1-35-20(16-4-2-3-5-17(16)25(28,29)30)33-34-21(35)23-9-6-22(7-10-23,8-11-23)19-12-18(31-32-19)15-13-24(26,27)14-15/h2-5,12,15H,6-11,13-14H2,1H3,(H,31,32). The molecule has 35 heavy (non-hydrogen) atoms. The maximum absolute atomic E-state index is 13.6. The average molecular weight is 492 g/mol. The Balaban J connectivity index is 1.24. The van der Waals surface area contributed by atoms with Crippen molar-refractivity contribution in [2.45, 2.75) is 80.2 Å². The Kier molecular flexibility index (Phi) is 4.77. The van der Waals surface area contributed by atoms with E-state index in [2.05, 4.69) is 20.4 Å². The van der Waals surface area contributed by atoms with Crippen LogP contribution in [0.5, 0.6) is 0 Å². The van der Waals surface area contributed by atoms with Crippen LogP contribution in [0.2, 0.25) is 0 Å². The second-order valence-corrected chi connectivity index (χ2v) is 10.7. The van der Waals surface area contributed by atoms with Crippen LogP contribution in [0.25, 0.3) is 11.4 Å². The Bertz CT molecular complexity index is 1240. The van der Waals surface area contributed by atoms with Crippen molar-refractivity contribution in [2.75, 3.05) is 0 Å². The molecule has 4 aliphatic rings. The van der Waals surface area contributed by atoms with Gasteiger partial charge in [0.05, 0.1) is 11.3 Å². The van der Waals surface area contributed by atoms with Crippen LogP contribution in [-0.4, -0.2) is 30.9 Å². The highest BCUT2D eigenvalue weighted by atomic mass is 19.4. The minimum absolute atomic E-state index is 0.0317. The minimum Gasteiger partial charge on any atom is -0.314 e. The van der Waals surface area contributed by atoms with Crippen molar-refractivity contribution >= 4 is 0 Å². The van der Waals surface area contributed by atoms with E-state index in [1.165, 1.54) is 12.1 Å². The molecule has 4 fully saturated rings. The molecular formula is C25H26F5N5. The zero-order chi connectivity index (χ0) is 24.6. The first-order valence-electron chi connectivity index (χ1n) is 12.0. The van der Waals surface area contributed by atoms with Crippen LogP contribution in [0.4, 0.5) is 22.0 Å². The molecule has 0 radical (unpaired) electrons. The van der Waals surface area contributed by atoms with Gasteiger partial charge in [0.15, 0.2) is 5.82 Å². The van der Waals surface area contributed by atoms with Crippen LogP contribution in [-0.2, 0) is 24.1 Å². The molecule has 0 amide bonds. The largest absolute Gasteiger partial charge is 0.417 e. The highest BCUT2D eigenvalue weighted by Crippen LogP contribution is 2.58. The molecule has 0 spiro atoms. The Morgan fingerprint density at radius 3 is 2.20 bits per heavy atom. The minimum atomic E-state index is -4.48. The van der Waals surface area contributed by atoms with Crippen LogP contribution < -0.4 is 0 Å². The van der Waals surface area contributed by atoms with Crippen LogP contribution in [0.1, 0.15) is 80.1 Å². The predicted octanol–water partition coefficient (Wildman–Crippen LogP) is 6.28. The normalized spacial score (nSPS) is 28.3. The summed E-state index contributed by atoms with van der Waals surface area (Å²) in [5, 5.41) is 16.2. The molecule has 10 heteroatoms. The van der Waals surface area contributed by atoms with Gasteiger partial charge in [0, 0.05) is 47.9 Å². The molecule has 0 aliphatic heterocycles. The zero-order valence-corrected chi connectivity index (χ0v) is 19.3. The summed E-state index contributed by atoms with van der Waals surface area (Å²) in [6, 6.07) is 7.44. The number of halogens is 5. The molecule has 2 aromatic heterocycles. The summed E-state index contributed by atoms with van der Waals surface area (Å²) in [5.41, 5.74) is 0.739. The summed E-state index contributed by atoms with van der Waals surface area (Å²) in [7, 11) is 1.75. The number of H-pyrrole nitrogens is 1. The van der Waals surface area contributed by atoms with Gasteiger partial charge in [-0.1, -0.05) is 18.2 Å². The Morgan fingerprint density at radius 2 is 1.57 bits per heavy atom. The van der Waals surface area contributed by atoms with E-state index in [9.17, 15) is 22.0 Å². The SMILES string of the molecule is Cn1c(-c2ccccc2C(F)(F)F)nnc1C12CCC(c3cc(C4CC(F)(F)C4)[nH]n3)(CC1)CC2. The number of alkyl halides is 5. The third kappa shape index (κ3) is 3.50. The van der Waals surface area contributed by atoms with E-state index >= 15 is 0 Å². The Morgan fingerprint density at radius 1 is 0.943 bits per heavy atom. The maximum Gasteiger partial charge on any atom is 0.417 e. The topological polar surface area (TPSA) is 59.4 Å². The van der Waals surface area contributed by atoms with Crippen molar-refractivity contribution in [3.63, 3.8) is 0 Å². The molecule has 0 atom stereocenters. The lowest BCUT2D eigenvalue weighted by atomic mass is 9.52. The van der Waals surface area contributed by atoms with E-state index in [-0.39, 0.29) is 41.0 Å². The number of benzene rings is 1. The molecule has 5 nitrogen and oxygen atoms in total. The van der Waals surface area contributed by atoms with E-state index in [4.69, 9.17) is 0 Å². The first-order chi connectivity index (χ1) is 16.5. The molecule has 0 saturated heterocycles. The fourth-order valence-electron chi connectivity index (χ4n) is 6.55. The molecule has 2 bridgehead atoms. The summed E-state index contributed by atoms with van der Waals surface area (Å²) < 4.78 is 69.1. The van der Waals surface area contributed by atoms with E-state index in [0.29, 0.717) is 0 Å². The van der Waals surface area contributed by atoms with E-state index in [1.54, 1.807) is 17.7 Å². The van der Waals surface area contributed by atoms with Gasteiger partial charge >= 0.3 is 6.18 Å². The van der Waals surface area contributed by atoms with Crippen molar-refractivity contribution < 1.29 is 22.0 Å². The van der Waals surface area contributed by atoms with Gasteiger partial charge in [-0.15, -0.1) is 10.2 Å². The number of rotatable bonds is 4. The monoisotopic (exact) mass is 491 g/mol. The van der Waals surface area contributed by atoms with Crippen LogP contribution in [0.15, 0.2) is 30.3 Å². The average Bonchev–Trinajstić information content (AvgIpc) is 3.46. The lowest BCUT2D eigenvalue weighted by Gasteiger charge is -2.52. The maximum atomic E-state index is 13.6. The molecule has 7 rings (SSSR count). The molecule has 1 aromatic carbocycles. The van der Waals surface area contributed by atoms with Crippen molar-refractivity contribution in [3.8, 4) is 11.4 Å². The number of hydrogen-bond donors (Lipinski definition) is 1. The lowest BCUT2D eigenvalue weighted by Crippen LogP contribution is -2.47. The fourth-order valence-corrected chi connectivity index (χ4v) is 6.55. The second kappa shape index (κ2) is 7.36. The predicted molar refractivity (Wildman–Crippen MR) is 118 cm³/mol. The van der Waals surface area contributed by atoms with E-state index < -0.39 is 17.7 Å². The number of hydrogen-bond acceptors (Lipinski definition) is 3. The number of nitrogens with zero attached hydrogens (tertiary/aromatic N) is 4. The second-order valence-electron chi connectivity index (χ2n) is 10.7. The highest BCUT2D eigenvalue weighted by molar-refractivity contribution is 5.61. The van der Waals surface area contributed by atoms with E-state index in [1.807, 2.05) is 6.07 Å². The molecule has 0 unspecified atom stereocenters. The fraction of sp³-hybridized carbons (Fsp3) is 0.560. The smallest absolute Gasteiger partial charge is 0.314 e. The van der Waals surface area contributed by atoms with Crippen molar-refractivity contribution in [2.24, 2.45) is 7.05 Å². The van der Waals surface area contributed by atoms with Gasteiger partial charge in [-0.3, -0.25) is 5.10 Å².